The lowest BCUT2D eigenvalue weighted by molar-refractivity contribution is 0.0948. The van der Waals surface area contributed by atoms with Gasteiger partial charge in [-0.25, -0.2) is 0 Å². The van der Waals surface area contributed by atoms with Crippen LogP contribution in [0.1, 0.15) is 120 Å². The number of H-pyrrole nitrogens is 1. The smallest absolute Gasteiger partial charge is 0.269 e. The van der Waals surface area contributed by atoms with Gasteiger partial charge >= 0.3 is 0 Å². The molecule has 0 aliphatic carbocycles. The molecule has 1 aromatic heterocycles. The summed E-state index contributed by atoms with van der Waals surface area (Å²) in [7, 11) is 0. The summed E-state index contributed by atoms with van der Waals surface area (Å²) in [5, 5.41) is 10.1. The van der Waals surface area contributed by atoms with Crippen LogP contribution in [0.2, 0.25) is 0 Å². The zero-order valence-corrected chi connectivity index (χ0v) is 21.7. The average molecular weight is 484 g/mol. The predicted molar refractivity (Wildman–Crippen MR) is 142 cm³/mol. The van der Waals surface area contributed by atoms with E-state index in [4.69, 9.17) is 9.47 Å². The first-order valence-corrected chi connectivity index (χ1v) is 14.0. The zero-order valence-electron chi connectivity index (χ0n) is 21.7. The number of nitrogens with one attached hydrogen (secondary N) is 2. The Labute approximate surface area is 211 Å². The minimum atomic E-state index is -0.106. The highest BCUT2D eigenvalue weighted by Gasteiger charge is 2.16. The van der Waals surface area contributed by atoms with Crippen molar-refractivity contribution in [2.75, 3.05) is 13.3 Å². The fourth-order valence-electron chi connectivity index (χ4n) is 4.61. The normalized spacial score (nSPS) is 12.3. The van der Waals surface area contributed by atoms with Gasteiger partial charge in [-0.05, 0) is 30.7 Å². The van der Waals surface area contributed by atoms with Crippen LogP contribution in [0, 0.1) is 0 Å². The molecule has 0 unspecified atom stereocenters. The number of aromatic amines is 1. The quantitative estimate of drug-likeness (QED) is 0.200. The third-order valence-electron chi connectivity index (χ3n) is 6.81. The van der Waals surface area contributed by atoms with E-state index in [0.717, 1.165) is 23.4 Å². The molecule has 0 atom stereocenters. The van der Waals surface area contributed by atoms with E-state index in [-0.39, 0.29) is 12.7 Å². The topological polar surface area (TPSA) is 76.2 Å². The van der Waals surface area contributed by atoms with Crippen molar-refractivity contribution in [1.29, 1.82) is 0 Å². The van der Waals surface area contributed by atoms with Crippen LogP contribution in [0.3, 0.4) is 0 Å². The second kappa shape index (κ2) is 16.2. The summed E-state index contributed by atoms with van der Waals surface area (Å²) in [5.41, 5.74) is 2.09. The summed E-state index contributed by atoms with van der Waals surface area (Å²) >= 11 is 0. The molecule has 3 rings (SSSR count). The van der Waals surface area contributed by atoms with Crippen molar-refractivity contribution >= 4 is 5.91 Å². The van der Waals surface area contributed by atoms with Crippen molar-refractivity contribution in [3.05, 3.63) is 30.0 Å². The Morgan fingerprint density at radius 1 is 0.800 bits per heavy atom. The number of ether oxygens (including phenoxy) is 2. The third kappa shape index (κ3) is 9.95. The van der Waals surface area contributed by atoms with Crippen LogP contribution in [0.5, 0.6) is 11.5 Å². The van der Waals surface area contributed by atoms with Gasteiger partial charge in [0.2, 0.25) is 6.79 Å². The molecule has 1 aliphatic heterocycles. The van der Waals surface area contributed by atoms with Crippen molar-refractivity contribution in [1.82, 2.24) is 15.5 Å². The number of unbranched alkanes of at least 4 members (excludes halogenated alkanes) is 15. The maximum Gasteiger partial charge on any atom is 0.269 e. The molecule has 0 bridgehead atoms. The van der Waals surface area contributed by atoms with Crippen LogP contribution < -0.4 is 14.8 Å². The standard InChI is InChI=1S/C29H45N3O3/c1-2-3-4-5-6-7-8-9-10-11-12-13-14-15-16-17-20-30-29(33)26-22-25(31-32-26)24-18-19-27-28(21-24)35-23-34-27/h18-19,21-22H,2-17,20,23H2,1H3,(H,30,33)(H,31,32). The van der Waals surface area contributed by atoms with Crippen LogP contribution in [0.4, 0.5) is 0 Å². The number of benzene rings is 1. The third-order valence-corrected chi connectivity index (χ3v) is 6.81. The lowest BCUT2D eigenvalue weighted by atomic mass is 10.0. The lowest BCUT2D eigenvalue weighted by Crippen LogP contribution is -2.24. The van der Waals surface area contributed by atoms with E-state index in [1.54, 1.807) is 6.07 Å². The van der Waals surface area contributed by atoms with E-state index in [1.807, 2.05) is 18.2 Å². The molecule has 1 aliphatic rings. The van der Waals surface area contributed by atoms with Crippen molar-refractivity contribution < 1.29 is 14.3 Å². The largest absolute Gasteiger partial charge is 0.454 e. The van der Waals surface area contributed by atoms with E-state index in [9.17, 15) is 4.79 Å². The molecule has 0 radical (unpaired) electrons. The first-order valence-electron chi connectivity index (χ1n) is 14.0. The zero-order chi connectivity index (χ0) is 24.6. The molecule has 0 spiro atoms. The van der Waals surface area contributed by atoms with E-state index < -0.39 is 0 Å². The Bertz CT molecular complexity index is 865. The molecule has 1 aromatic carbocycles. The molecule has 1 amide bonds. The van der Waals surface area contributed by atoms with Crippen LogP contribution in [0.15, 0.2) is 24.3 Å². The molecule has 2 heterocycles. The van der Waals surface area contributed by atoms with Crippen LogP contribution in [-0.4, -0.2) is 29.4 Å². The Kier molecular flexibility index (Phi) is 12.6. The number of hydrogen-bond donors (Lipinski definition) is 2. The molecular weight excluding hydrogens is 438 g/mol. The number of carbonyl (C=O) groups is 1. The van der Waals surface area contributed by atoms with Crippen LogP contribution in [0.25, 0.3) is 11.3 Å². The first-order chi connectivity index (χ1) is 17.3. The number of fused-ring (bicyclic) bond motifs is 1. The Morgan fingerprint density at radius 3 is 2.00 bits per heavy atom. The summed E-state index contributed by atoms with van der Waals surface area (Å²) in [5.74, 6) is 1.34. The molecule has 194 valence electrons. The highest BCUT2D eigenvalue weighted by atomic mass is 16.7. The van der Waals surface area contributed by atoms with Gasteiger partial charge in [-0.2, -0.15) is 5.10 Å². The van der Waals surface area contributed by atoms with E-state index in [2.05, 4.69) is 22.4 Å². The summed E-state index contributed by atoms with van der Waals surface area (Å²) in [4.78, 5) is 12.4. The van der Waals surface area contributed by atoms with Gasteiger partial charge in [0, 0.05) is 12.1 Å². The second-order valence-corrected chi connectivity index (χ2v) is 9.79. The van der Waals surface area contributed by atoms with Crippen molar-refractivity contribution in [3.63, 3.8) is 0 Å². The van der Waals surface area contributed by atoms with E-state index in [0.29, 0.717) is 18.0 Å². The average Bonchev–Trinajstić information content (AvgIpc) is 3.55. The molecule has 0 saturated carbocycles. The highest BCUT2D eigenvalue weighted by molar-refractivity contribution is 5.93. The minimum Gasteiger partial charge on any atom is -0.454 e. The van der Waals surface area contributed by atoms with Crippen molar-refractivity contribution in [2.24, 2.45) is 0 Å². The number of carbonyl (C=O) groups excluding carboxylic acids is 1. The monoisotopic (exact) mass is 483 g/mol. The number of hydrogen-bond acceptors (Lipinski definition) is 4. The SMILES string of the molecule is CCCCCCCCCCCCCCCCCCNC(=O)c1cc(-c2ccc3c(c2)OCO3)n[nH]1. The number of nitrogens with zero attached hydrogens (tertiary/aromatic N) is 1. The van der Waals surface area contributed by atoms with Gasteiger partial charge in [0.05, 0.1) is 5.69 Å². The minimum absolute atomic E-state index is 0.106. The maximum atomic E-state index is 12.4. The van der Waals surface area contributed by atoms with Crippen LogP contribution in [-0.2, 0) is 0 Å². The fourth-order valence-corrected chi connectivity index (χ4v) is 4.61. The maximum absolute atomic E-state index is 12.4. The van der Waals surface area contributed by atoms with Gasteiger partial charge < -0.3 is 14.8 Å². The Morgan fingerprint density at radius 2 is 1.37 bits per heavy atom. The van der Waals surface area contributed by atoms with Crippen molar-refractivity contribution in [3.8, 4) is 22.8 Å². The summed E-state index contributed by atoms with van der Waals surface area (Å²) < 4.78 is 10.8. The fraction of sp³-hybridized carbons (Fsp3) is 0.655. The van der Waals surface area contributed by atoms with E-state index in [1.165, 1.54) is 96.3 Å². The molecule has 0 saturated heterocycles. The number of rotatable bonds is 19. The molecule has 35 heavy (non-hydrogen) atoms. The van der Waals surface area contributed by atoms with Crippen LogP contribution >= 0.6 is 0 Å². The highest BCUT2D eigenvalue weighted by Crippen LogP contribution is 2.35. The second-order valence-electron chi connectivity index (χ2n) is 9.79. The summed E-state index contributed by atoms with van der Waals surface area (Å²) in [6.45, 7) is 3.23. The molecule has 2 aromatic rings. The van der Waals surface area contributed by atoms with E-state index >= 15 is 0 Å². The van der Waals surface area contributed by atoms with Gasteiger partial charge in [-0.1, -0.05) is 103 Å². The summed E-state index contributed by atoms with van der Waals surface area (Å²) in [6.07, 6.45) is 21.6. The molecule has 6 heteroatoms. The Hall–Kier alpha value is -2.50. The molecular formula is C29H45N3O3. The van der Waals surface area contributed by atoms with Crippen molar-refractivity contribution in [2.45, 2.75) is 110 Å². The van der Waals surface area contributed by atoms with Gasteiger partial charge in [-0.15, -0.1) is 0 Å². The number of aromatic nitrogens is 2. The van der Waals surface area contributed by atoms with Gasteiger partial charge in [0.25, 0.3) is 5.91 Å². The predicted octanol–water partition coefficient (Wildman–Crippen LogP) is 7.80. The first kappa shape index (κ1) is 27.1. The molecule has 0 fully saturated rings. The number of amides is 1. The summed E-state index contributed by atoms with van der Waals surface area (Å²) in [6, 6.07) is 7.45. The molecule has 2 N–H and O–H groups in total. The Balaban J connectivity index is 1.14. The van der Waals surface area contributed by atoms with Gasteiger partial charge in [0.1, 0.15) is 5.69 Å². The molecule has 6 nitrogen and oxygen atoms in total. The lowest BCUT2D eigenvalue weighted by Gasteiger charge is -2.05. The van der Waals surface area contributed by atoms with Gasteiger partial charge in [-0.3, -0.25) is 9.89 Å². The van der Waals surface area contributed by atoms with Gasteiger partial charge in [0.15, 0.2) is 11.5 Å².